The minimum atomic E-state index is -0.483. The molecule has 0 atom stereocenters. The molecule has 6 nitrogen and oxygen atoms in total. The Kier molecular flexibility index (Phi) is 5.60. The molecule has 1 saturated heterocycles. The Labute approximate surface area is 149 Å². The van der Waals surface area contributed by atoms with Gasteiger partial charge < -0.3 is 20.3 Å². The summed E-state index contributed by atoms with van der Waals surface area (Å²) in [6.07, 6.45) is 1.40. The first-order valence-corrected chi connectivity index (χ1v) is 8.67. The molecule has 0 aromatic heterocycles. The van der Waals surface area contributed by atoms with Gasteiger partial charge in [-0.1, -0.05) is 0 Å². The Bertz CT molecular complexity index is 642. The van der Waals surface area contributed by atoms with Crippen molar-refractivity contribution in [1.29, 1.82) is 0 Å². The topological polar surface area (TPSA) is 75.9 Å². The second-order valence-corrected chi connectivity index (χ2v) is 7.83. The van der Waals surface area contributed by atoms with Crippen molar-refractivity contribution < 1.29 is 14.3 Å². The maximum atomic E-state index is 12.2. The van der Waals surface area contributed by atoms with Crippen molar-refractivity contribution in [2.24, 2.45) is 0 Å². The molecule has 2 amide bonds. The quantitative estimate of drug-likeness (QED) is 0.834. The van der Waals surface area contributed by atoms with Gasteiger partial charge in [0.15, 0.2) is 0 Å². The van der Waals surface area contributed by atoms with Gasteiger partial charge >= 0.3 is 6.09 Å². The first-order valence-electron chi connectivity index (χ1n) is 8.67. The summed E-state index contributed by atoms with van der Waals surface area (Å²) in [6.45, 7) is 6.89. The third-order valence-corrected chi connectivity index (χ3v) is 4.25. The Morgan fingerprint density at radius 1 is 1.16 bits per heavy atom. The summed E-state index contributed by atoms with van der Waals surface area (Å²) < 4.78 is 5.43. The van der Waals surface area contributed by atoms with E-state index in [1.807, 2.05) is 32.9 Å². The van der Waals surface area contributed by atoms with Crippen LogP contribution in [0.4, 0.5) is 10.5 Å². The Hall–Kier alpha value is -2.24. The molecule has 1 aliphatic heterocycles. The van der Waals surface area contributed by atoms with E-state index in [2.05, 4.69) is 0 Å². The van der Waals surface area contributed by atoms with E-state index in [0.717, 1.165) is 18.4 Å². The highest BCUT2D eigenvalue weighted by atomic mass is 16.6. The van der Waals surface area contributed by atoms with Crippen molar-refractivity contribution in [3.8, 4) is 0 Å². The first kappa shape index (κ1) is 19.1. The largest absolute Gasteiger partial charge is 0.444 e. The summed E-state index contributed by atoms with van der Waals surface area (Å²) in [5.74, 6) is 0.232. The minimum absolute atomic E-state index is 0.0558. The van der Waals surface area contributed by atoms with Crippen LogP contribution in [0.5, 0.6) is 0 Å². The van der Waals surface area contributed by atoms with Gasteiger partial charge in [0, 0.05) is 38.4 Å². The number of anilines is 1. The van der Waals surface area contributed by atoms with Crippen molar-refractivity contribution >= 4 is 17.7 Å². The smallest absolute Gasteiger partial charge is 0.410 e. The SMILES string of the molecule is CN(C)C(=O)c1cc(N)cc(C2CCN(C(=O)OC(C)(C)C)CC2)c1. The van der Waals surface area contributed by atoms with Crippen LogP contribution >= 0.6 is 0 Å². The molecule has 0 bridgehead atoms. The average Bonchev–Trinajstić information content (AvgIpc) is 2.52. The summed E-state index contributed by atoms with van der Waals surface area (Å²) in [6, 6.07) is 5.56. The van der Waals surface area contributed by atoms with Crippen molar-refractivity contribution in [2.75, 3.05) is 32.9 Å². The van der Waals surface area contributed by atoms with Gasteiger partial charge in [0.2, 0.25) is 0 Å². The van der Waals surface area contributed by atoms with E-state index >= 15 is 0 Å². The average molecular weight is 347 g/mol. The van der Waals surface area contributed by atoms with E-state index in [1.54, 1.807) is 30.0 Å². The number of carbonyl (C=O) groups excluding carboxylic acids is 2. The number of piperidine rings is 1. The molecule has 25 heavy (non-hydrogen) atoms. The number of carbonyl (C=O) groups is 2. The summed E-state index contributed by atoms with van der Waals surface area (Å²) in [7, 11) is 3.45. The zero-order chi connectivity index (χ0) is 18.8. The van der Waals surface area contributed by atoms with Gasteiger partial charge in [-0.2, -0.15) is 0 Å². The fourth-order valence-corrected chi connectivity index (χ4v) is 3.02. The van der Waals surface area contributed by atoms with Crippen LogP contribution in [0.15, 0.2) is 18.2 Å². The zero-order valence-corrected chi connectivity index (χ0v) is 15.8. The molecule has 138 valence electrons. The van der Waals surface area contributed by atoms with Gasteiger partial charge in [-0.15, -0.1) is 0 Å². The molecule has 2 N–H and O–H groups in total. The molecule has 1 fully saturated rings. The van der Waals surface area contributed by atoms with E-state index in [0.29, 0.717) is 24.3 Å². The minimum Gasteiger partial charge on any atom is -0.444 e. The number of likely N-dealkylation sites (tertiary alicyclic amines) is 1. The number of benzene rings is 1. The van der Waals surface area contributed by atoms with Crippen LogP contribution in [0, 0.1) is 0 Å². The van der Waals surface area contributed by atoms with E-state index in [-0.39, 0.29) is 17.9 Å². The summed E-state index contributed by atoms with van der Waals surface area (Å²) in [5.41, 5.74) is 7.78. The third-order valence-electron chi connectivity index (χ3n) is 4.25. The number of nitrogens with zero attached hydrogens (tertiary/aromatic N) is 2. The van der Waals surface area contributed by atoms with Crippen LogP contribution < -0.4 is 5.73 Å². The summed E-state index contributed by atoms with van der Waals surface area (Å²) in [4.78, 5) is 27.7. The van der Waals surface area contributed by atoms with E-state index in [4.69, 9.17) is 10.5 Å². The van der Waals surface area contributed by atoms with Crippen LogP contribution in [-0.4, -0.2) is 54.6 Å². The van der Waals surface area contributed by atoms with Crippen LogP contribution in [0.25, 0.3) is 0 Å². The maximum Gasteiger partial charge on any atom is 0.410 e. The fourth-order valence-electron chi connectivity index (χ4n) is 3.02. The Morgan fingerprint density at radius 3 is 2.28 bits per heavy atom. The number of hydrogen-bond acceptors (Lipinski definition) is 4. The second-order valence-electron chi connectivity index (χ2n) is 7.83. The highest BCUT2D eigenvalue weighted by molar-refractivity contribution is 5.95. The van der Waals surface area contributed by atoms with Crippen LogP contribution in [-0.2, 0) is 4.74 Å². The number of amides is 2. The van der Waals surface area contributed by atoms with Crippen molar-refractivity contribution in [1.82, 2.24) is 9.80 Å². The maximum absolute atomic E-state index is 12.2. The van der Waals surface area contributed by atoms with E-state index < -0.39 is 5.60 Å². The van der Waals surface area contributed by atoms with Gasteiger partial charge in [0.25, 0.3) is 5.91 Å². The van der Waals surface area contributed by atoms with Crippen LogP contribution in [0.3, 0.4) is 0 Å². The van der Waals surface area contributed by atoms with Crippen molar-refractivity contribution in [2.45, 2.75) is 45.1 Å². The van der Waals surface area contributed by atoms with Crippen molar-refractivity contribution in [3.05, 3.63) is 29.3 Å². The molecule has 0 saturated carbocycles. The van der Waals surface area contributed by atoms with Gasteiger partial charge in [-0.3, -0.25) is 4.79 Å². The lowest BCUT2D eigenvalue weighted by molar-refractivity contribution is 0.0205. The molecular formula is C19H29N3O3. The highest BCUT2D eigenvalue weighted by Gasteiger charge is 2.28. The molecule has 1 aromatic carbocycles. The number of nitrogen functional groups attached to an aromatic ring is 1. The Morgan fingerprint density at radius 2 is 1.76 bits per heavy atom. The van der Waals surface area contributed by atoms with Gasteiger partial charge in [-0.05, 0) is 63.3 Å². The van der Waals surface area contributed by atoms with Crippen LogP contribution in [0.1, 0.15) is 55.5 Å². The van der Waals surface area contributed by atoms with Gasteiger partial charge in [0.05, 0.1) is 0 Å². The number of nitrogens with two attached hydrogens (primary N) is 1. The molecule has 1 aromatic rings. The molecule has 1 aliphatic rings. The molecule has 0 radical (unpaired) electrons. The second kappa shape index (κ2) is 7.33. The number of rotatable bonds is 2. The molecule has 2 rings (SSSR count). The normalized spacial score (nSPS) is 15.8. The van der Waals surface area contributed by atoms with Crippen LogP contribution in [0.2, 0.25) is 0 Å². The van der Waals surface area contributed by atoms with E-state index in [1.165, 1.54) is 0 Å². The number of hydrogen-bond donors (Lipinski definition) is 1. The molecule has 1 heterocycles. The van der Waals surface area contributed by atoms with Gasteiger partial charge in [0.1, 0.15) is 5.60 Å². The first-order chi connectivity index (χ1) is 11.6. The molecule has 0 aliphatic carbocycles. The third kappa shape index (κ3) is 5.11. The monoisotopic (exact) mass is 347 g/mol. The molecule has 0 spiro atoms. The lowest BCUT2D eigenvalue weighted by Gasteiger charge is -2.33. The predicted octanol–water partition coefficient (Wildman–Crippen LogP) is 3.09. The highest BCUT2D eigenvalue weighted by Crippen LogP contribution is 2.31. The molecule has 6 heteroatoms. The molecule has 0 unspecified atom stereocenters. The van der Waals surface area contributed by atoms with E-state index in [9.17, 15) is 9.59 Å². The lowest BCUT2D eigenvalue weighted by atomic mass is 9.88. The fraction of sp³-hybridized carbons (Fsp3) is 0.579. The predicted molar refractivity (Wildman–Crippen MR) is 98.7 cm³/mol. The van der Waals surface area contributed by atoms with Crippen molar-refractivity contribution in [3.63, 3.8) is 0 Å². The summed E-state index contributed by atoms with van der Waals surface area (Å²) >= 11 is 0. The zero-order valence-electron chi connectivity index (χ0n) is 15.8. The molecular weight excluding hydrogens is 318 g/mol. The number of ether oxygens (including phenoxy) is 1. The lowest BCUT2D eigenvalue weighted by Crippen LogP contribution is -2.41. The summed E-state index contributed by atoms with van der Waals surface area (Å²) in [5, 5.41) is 0. The van der Waals surface area contributed by atoms with Gasteiger partial charge in [-0.25, -0.2) is 4.79 Å². The Balaban J connectivity index is 2.06. The standard InChI is InChI=1S/C19H29N3O3/c1-19(2,3)25-18(24)22-8-6-13(7-9-22)14-10-15(12-16(20)11-14)17(23)21(4)5/h10-13H,6-9,20H2,1-5H3.